The molecule has 2 fully saturated rings. The lowest BCUT2D eigenvalue weighted by atomic mass is 9.51. The summed E-state index contributed by atoms with van der Waals surface area (Å²) < 4.78 is 0. The molecule has 0 amide bonds. The van der Waals surface area contributed by atoms with Crippen LogP contribution < -0.4 is 0 Å². The monoisotopic (exact) mass is 124 g/mol. The van der Waals surface area contributed by atoms with Crippen molar-refractivity contribution in [2.75, 3.05) is 0 Å². The largest absolute Gasteiger partial charge is 0.0651 e. The van der Waals surface area contributed by atoms with Gasteiger partial charge in [0.15, 0.2) is 0 Å². The molecule has 0 unspecified atom stereocenters. The van der Waals surface area contributed by atoms with E-state index in [0.717, 1.165) is 11.3 Å². The van der Waals surface area contributed by atoms with Crippen molar-refractivity contribution in [1.29, 1.82) is 0 Å². The van der Waals surface area contributed by atoms with Crippen LogP contribution in [0.25, 0.3) is 0 Å². The van der Waals surface area contributed by atoms with Crippen LogP contribution in [0.1, 0.15) is 45.4 Å². The van der Waals surface area contributed by atoms with Crippen molar-refractivity contribution in [2.24, 2.45) is 11.3 Å². The van der Waals surface area contributed by atoms with E-state index in [2.05, 4.69) is 6.92 Å². The topological polar surface area (TPSA) is 0 Å². The van der Waals surface area contributed by atoms with Crippen LogP contribution >= 0.6 is 0 Å². The molecule has 0 saturated heterocycles. The lowest BCUT2D eigenvalue weighted by molar-refractivity contribution is -0.0256. The average molecular weight is 124 g/mol. The summed E-state index contributed by atoms with van der Waals surface area (Å²) in [5.41, 5.74) is 0.917. The Morgan fingerprint density at radius 2 is 2.00 bits per heavy atom. The smallest absolute Gasteiger partial charge is 0.0292 e. The summed E-state index contributed by atoms with van der Waals surface area (Å²) in [6.45, 7) is 2.33. The lowest BCUT2D eigenvalue weighted by Crippen LogP contribution is -2.42. The van der Waals surface area contributed by atoms with Gasteiger partial charge in [0.2, 0.25) is 0 Å². The van der Waals surface area contributed by atoms with E-state index in [1.807, 2.05) is 0 Å². The molecule has 0 N–H and O–H groups in total. The van der Waals surface area contributed by atoms with Gasteiger partial charge in [0, 0.05) is 0 Å². The maximum Gasteiger partial charge on any atom is -0.0292 e. The Morgan fingerprint density at radius 1 is 1.33 bits per heavy atom. The van der Waals surface area contributed by atoms with Crippen molar-refractivity contribution in [2.45, 2.75) is 45.4 Å². The quantitative estimate of drug-likeness (QED) is 0.504. The molecular weight excluding hydrogens is 108 g/mol. The highest BCUT2D eigenvalue weighted by Gasteiger charge is 2.46. The standard InChI is InChI=1S/C9H16/c1-2-8-6-9(7-8)4-3-5-9/h8H,2-7H2,1H3. The molecule has 0 aliphatic heterocycles. The van der Waals surface area contributed by atoms with Crippen LogP contribution in [0.15, 0.2) is 0 Å². The predicted octanol–water partition coefficient (Wildman–Crippen LogP) is 2.98. The molecule has 0 radical (unpaired) electrons. The highest BCUT2D eigenvalue weighted by Crippen LogP contribution is 2.59. The summed E-state index contributed by atoms with van der Waals surface area (Å²) in [6.07, 6.45) is 9.22. The second kappa shape index (κ2) is 1.74. The van der Waals surface area contributed by atoms with Gasteiger partial charge in [0.1, 0.15) is 0 Å². The fourth-order valence-corrected chi connectivity index (χ4v) is 2.54. The minimum absolute atomic E-state index is 0.917. The van der Waals surface area contributed by atoms with Crippen molar-refractivity contribution in [3.63, 3.8) is 0 Å². The van der Waals surface area contributed by atoms with Gasteiger partial charge in [-0.3, -0.25) is 0 Å². The number of rotatable bonds is 1. The molecule has 0 bridgehead atoms. The molecule has 0 heteroatoms. The molecule has 2 aliphatic carbocycles. The maximum atomic E-state index is 2.33. The van der Waals surface area contributed by atoms with Gasteiger partial charge in [0.05, 0.1) is 0 Å². The zero-order valence-corrected chi connectivity index (χ0v) is 6.32. The molecule has 52 valence electrons. The van der Waals surface area contributed by atoms with Crippen molar-refractivity contribution in [3.8, 4) is 0 Å². The van der Waals surface area contributed by atoms with Crippen LogP contribution in [0.3, 0.4) is 0 Å². The van der Waals surface area contributed by atoms with Crippen molar-refractivity contribution < 1.29 is 0 Å². The van der Waals surface area contributed by atoms with Crippen LogP contribution in [0, 0.1) is 11.3 Å². The van der Waals surface area contributed by atoms with Crippen molar-refractivity contribution in [1.82, 2.24) is 0 Å². The molecule has 0 atom stereocenters. The summed E-state index contributed by atoms with van der Waals surface area (Å²) in [5, 5.41) is 0. The van der Waals surface area contributed by atoms with Gasteiger partial charge in [-0.05, 0) is 37.0 Å². The fraction of sp³-hybridized carbons (Fsp3) is 1.00. The van der Waals surface area contributed by atoms with Gasteiger partial charge in [-0.2, -0.15) is 0 Å². The molecular formula is C9H16. The van der Waals surface area contributed by atoms with E-state index in [-0.39, 0.29) is 0 Å². The first-order valence-corrected chi connectivity index (χ1v) is 4.35. The zero-order valence-electron chi connectivity index (χ0n) is 6.32. The first kappa shape index (κ1) is 5.76. The molecule has 2 rings (SSSR count). The van der Waals surface area contributed by atoms with E-state index in [9.17, 15) is 0 Å². The van der Waals surface area contributed by atoms with Crippen LogP contribution in [0.2, 0.25) is 0 Å². The van der Waals surface area contributed by atoms with E-state index in [1.54, 1.807) is 25.7 Å². The Kier molecular flexibility index (Phi) is 1.12. The minimum atomic E-state index is 0.917. The minimum Gasteiger partial charge on any atom is -0.0651 e. The van der Waals surface area contributed by atoms with Crippen LogP contribution in [0.4, 0.5) is 0 Å². The van der Waals surface area contributed by atoms with E-state index < -0.39 is 0 Å². The molecule has 0 aromatic rings. The molecule has 0 aromatic heterocycles. The van der Waals surface area contributed by atoms with Gasteiger partial charge in [-0.15, -0.1) is 0 Å². The Bertz CT molecular complexity index is 103. The summed E-state index contributed by atoms with van der Waals surface area (Å²) in [6, 6.07) is 0. The molecule has 0 nitrogen and oxygen atoms in total. The Morgan fingerprint density at radius 3 is 2.33 bits per heavy atom. The summed E-state index contributed by atoms with van der Waals surface area (Å²) in [4.78, 5) is 0. The number of hydrogen-bond donors (Lipinski definition) is 0. The predicted molar refractivity (Wildman–Crippen MR) is 39.3 cm³/mol. The molecule has 1 spiro atoms. The summed E-state index contributed by atoms with van der Waals surface area (Å²) in [5.74, 6) is 1.12. The van der Waals surface area contributed by atoms with Crippen LogP contribution in [0.5, 0.6) is 0 Å². The van der Waals surface area contributed by atoms with Crippen molar-refractivity contribution >= 4 is 0 Å². The summed E-state index contributed by atoms with van der Waals surface area (Å²) >= 11 is 0. The van der Waals surface area contributed by atoms with Gasteiger partial charge in [-0.1, -0.05) is 19.8 Å². The molecule has 9 heavy (non-hydrogen) atoms. The first-order valence-electron chi connectivity index (χ1n) is 4.35. The SMILES string of the molecule is CCC1CC2(CCC2)C1. The second-order valence-corrected chi connectivity index (χ2v) is 4.04. The van der Waals surface area contributed by atoms with E-state index >= 15 is 0 Å². The Hall–Kier alpha value is 0. The van der Waals surface area contributed by atoms with Gasteiger partial charge in [0.25, 0.3) is 0 Å². The first-order chi connectivity index (χ1) is 4.35. The van der Waals surface area contributed by atoms with E-state index in [1.165, 1.54) is 12.8 Å². The fourth-order valence-electron chi connectivity index (χ4n) is 2.54. The molecule has 0 aromatic carbocycles. The highest BCUT2D eigenvalue weighted by molar-refractivity contribution is 4.98. The van der Waals surface area contributed by atoms with E-state index in [0.29, 0.717) is 0 Å². The molecule has 2 saturated carbocycles. The zero-order chi connectivity index (χ0) is 6.32. The Balaban J connectivity index is 1.82. The molecule has 0 heterocycles. The normalized spacial score (nSPS) is 31.7. The Labute approximate surface area is 57.6 Å². The maximum absolute atomic E-state index is 2.33. The van der Waals surface area contributed by atoms with Crippen LogP contribution in [-0.4, -0.2) is 0 Å². The third-order valence-corrected chi connectivity index (χ3v) is 3.43. The summed E-state index contributed by atoms with van der Waals surface area (Å²) in [7, 11) is 0. The molecule has 2 aliphatic rings. The average Bonchev–Trinajstić information content (AvgIpc) is 1.59. The highest BCUT2D eigenvalue weighted by atomic mass is 14.5. The van der Waals surface area contributed by atoms with Gasteiger partial charge >= 0.3 is 0 Å². The van der Waals surface area contributed by atoms with Gasteiger partial charge < -0.3 is 0 Å². The van der Waals surface area contributed by atoms with Crippen LogP contribution in [-0.2, 0) is 0 Å². The third kappa shape index (κ3) is 0.720. The van der Waals surface area contributed by atoms with Gasteiger partial charge in [-0.25, -0.2) is 0 Å². The van der Waals surface area contributed by atoms with Crippen molar-refractivity contribution in [3.05, 3.63) is 0 Å². The second-order valence-electron chi connectivity index (χ2n) is 4.04. The lowest BCUT2D eigenvalue weighted by Gasteiger charge is -2.54. The third-order valence-electron chi connectivity index (χ3n) is 3.43. The van der Waals surface area contributed by atoms with E-state index in [4.69, 9.17) is 0 Å². The number of hydrogen-bond acceptors (Lipinski definition) is 0.